The maximum Gasteiger partial charge on any atom is 0.255 e. The Hall–Kier alpha value is -4.31. The zero-order chi connectivity index (χ0) is 20.2. The Bertz CT molecular complexity index is 1130. The number of hydrogen-bond donors (Lipinski definition) is 2. The second-order valence-electron chi connectivity index (χ2n) is 6.21. The molecule has 0 radical (unpaired) electrons. The summed E-state index contributed by atoms with van der Waals surface area (Å²) in [6.07, 6.45) is 0. The van der Waals surface area contributed by atoms with Crippen LogP contribution in [-0.4, -0.2) is 18.6 Å². The lowest BCUT2D eigenvalue weighted by atomic mass is 10.1. The molecule has 142 valence electrons. The Labute approximate surface area is 166 Å². The number of nitriles is 1. The fourth-order valence-electron chi connectivity index (χ4n) is 2.83. The highest BCUT2D eigenvalue weighted by molar-refractivity contribution is 6.07. The number of anilines is 2. The summed E-state index contributed by atoms with van der Waals surface area (Å²) >= 11 is 0. The number of hydrogen-bond acceptors (Lipinski definition) is 5. The predicted octanol–water partition coefficient (Wildman–Crippen LogP) is 3.79. The van der Waals surface area contributed by atoms with Gasteiger partial charge in [-0.1, -0.05) is 12.1 Å². The molecule has 2 N–H and O–H groups in total. The van der Waals surface area contributed by atoms with E-state index in [1.807, 2.05) is 6.07 Å². The molecule has 1 aliphatic rings. The quantitative estimate of drug-likeness (QED) is 0.712. The van der Waals surface area contributed by atoms with E-state index in [9.17, 15) is 9.59 Å². The molecule has 0 atom stereocenters. The molecule has 0 fully saturated rings. The molecule has 1 heterocycles. The molecule has 0 spiro atoms. The molecule has 1 aliphatic heterocycles. The van der Waals surface area contributed by atoms with Gasteiger partial charge in [-0.05, 0) is 48.5 Å². The van der Waals surface area contributed by atoms with Crippen LogP contribution in [0.1, 0.15) is 26.3 Å². The Balaban J connectivity index is 1.44. The number of carbonyl (C=O) groups is 2. The molecule has 0 saturated carbocycles. The van der Waals surface area contributed by atoms with Crippen LogP contribution in [0.2, 0.25) is 0 Å². The van der Waals surface area contributed by atoms with Crippen LogP contribution in [0.15, 0.2) is 66.7 Å². The van der Waals surface area contributed by atoms with Gasteiger partial charge < -0.3 is 20.1 Å². The van der Waals surface area contributed by atoms with Crippen molar-refractivity contribution in [2.75, 3.05) is 17.4 Å². The van der Waals surface area contributed by atoms with Crippen molar-refractivity contribution in [3.05, 3.63) is 83.4 Å². The molecule has 3 aromatic rings. The van der Waals surface area contributed by atoms with Crippen LogP contribution in [-0.2, 0) is 0 Å². The van der Waals surface area contributed by atoms with E-state index in [1.54, 1.807) is 66.7 Å². The molecule has 0 aliphatic carbocycles. The number of fused-ring (bicyclic) bond motifs is 1. The van der Waals surface area contributed by atoms with Gasteiger partial charge in [0.2, 0.25) is 6.79 Å². The van der Waals surface area contributed by atoms with Crippen LogP contribution in [0, 0.1) is 11.3 Å². The lowest BCUT2D eigenvalue weighted by Crippen LogP contribution is -2.14. The second kappa shape index (κ2) is 7.74. The van der Waals surface area contributed by atoms with Gasteiger partial charge in [0.1, 0.15) is 6.07 Å². The number of para-hydroxylation sites is 1. The van der Waals surface area contributed by atoms with E-state index in [2.05, 4.69) is 10.6 Å². The smallest absolute Gasteiger partial charge is 0.255 e. The van der Waals surface area contributed by atoms with Crippen molar-refractivity contribution in [2.45, 2.75) is 0 Å². The lowest BCUT2D eigenvalue weighted by molar-refractivity contribution is 0.101. The highest BCUT2D eigenvalue weighted by atomic mass is 16.7. The molecular formula is C22H15N3O4. The third-order valence-electron chi connectivity index (χ3n) is 4.34. The monoisotopic (exact) mass is 385 g/mol. The standard InChI is InChI=1S/C22H15N3O4/c23-12-16-3-1-2-4-18(16)25-22(27)15-7-5-14(6-8-15)21(26)24-17-9-10-19-20(11-17)29-13-28-19/h1-11H,13H2,(H,24,26)(H,25,27). The van der Waals surface area contributed by atoms with Gasteiger partial charge in [-0.3, -0.25) is 9.59 Å². The third-order valence-corrected chi connectivity index (χ3v) is 4.34. The summed E-state index contributed by atoms with van der Waals surface area (Å²) in [5.41, 5.74) is 2.16. The van der Waals surface area contributed by atoms with Crippen LogP contribution in [0.5, 0.6) is 11.5 Å². The summed E-state index contributed by atoms with van der Waals surface area (Å²) in [7, 11) is 0. The Morgan fingerprint density at radius 1 is 0.828 bits per heavy atom. The molecule has 29 heavy (non-hydrogen) atoms. The fourth-order valence-corrected chi connectivity index (χ4v) is 2.83. The minimum Gasteiger partial charge on any atom is -0.454 e. The predicted molar refractivity (Wildman–Crippen MR) is 106 cm³/mol. The molecule has 3 aromatic carbocycles. The number of carbonyl (C=O) groups excluding carboxylic acids is 2. The summed E-state index contributed by atoms with van der Waals surface area (Å²) in [5, 5.41) is 14.6. The van der Waals surface area contributed by atoms with Gasteiger partial charge in [0.05, 0.1) is 11.3 Å². The third kappa shape index (κ3) is 3.87. The molecule has 2 amide bonds. The average molecular weight is 385 g/mol. The van der Waals surface area contributed by atoms with Gasteiger partial charge >= 0.3 is 0 Å². The summed E-state index contributed by atoms with van der Waals surface area (Å²) in [4.78, 5) is 24.9. The highest BCUT2D eigenvalue weighted by Gasteiger charge is 2.15. The highest BCUT2D eigenvalue weighted by Crippen LogP contribution is 2.34. The van der Waals surface area contributed by atoms with E-state index in [-0.39, 0.29) is 18.6 Å². The molecule has 0 bridgehead atoms. The molecule has 7 nitrogen and oxygen atoms in total. The maximum absolute atomic E-state index is 12.5. The zero-order valence-corrected chi connectivity index (χ0v) is 15.1. The summed E-state index contributed by atoms with van der Waals surface area (Å²) in [6, 6.07) is 20.1. The number of nitrogens with one attached hydrogen (secondary N) is 2. The Kier molecular flexibility index (Phi) is 4.82. The molecule has 0 aromatic heterocycles. The lowest BCUT2D eigenvalue weighted by Gasteiger charge is -2.08. The zero-order valence-electron chi connectivity index (χ0n) is 15.1. The van der Waals surface area contributed by atoms with Crippen LogP contribution >= 0.6 is 0 Å². The van der Waals surface area contributed by atoms with Crippen molar-refractivity contribution in [1.82, 2.24) is 0 Å². The maximum atomic E-state index is 12.5. The van der Waals surface area contributed by atoms with Gasteiger partial charge in [-0.2, -0.15) is 5.26 Å². The van der Waals surface area contributed by atoms with Crippen molar-refractivity contribution in [3.8, 4) is 17.6 Å². The molecule has 7 heteroatoms. The Morgan fingerprint density at radius 3 is 2.21 bits per heavy atom. The summed E-state index contributed by atoms with van der Waals surface area (Å²) < 4.78 is 10.5. The summed E-state index contributed by atoms with van der Waals surface area (Å²) in [5.74, 6) is 0.532. The number of nitrogens with zero attached hydrogens (tertiary/aromatic N) is 1. The van der Waals surface area contributed by atoms with E-state index in [0.717, 1.165) is 0 Å². The van der Waals surface area contributed by atoms with Gasteiger partial charge in [-0.25, -0.2) is 0 Å². The summed E-state index contributed by atoms with van der Waals surface area (Å²) in [6.45, 7) is 0.162. The average Bonchev–Trinajstić information content (AvgIpc) is 3.22. The van der Waals surface area contributed by atoms with Crippen LogP contribution < -0.4 is 20.1 Å². The first-order valence-corrected chi connectivity index (χ1v) is 8.75. The largest absolute Gasteiger partial charge is 0.454 e. The number of benzene rings is 3. The van der Waals surface area contributed by atoms with E-state index in [1.165, 1.54) is 0 Å². The topological polar surface area (TPSA) is 100 Å². The minimum absolute atomic E-state index is 0.162. The van der Waals surface area contributed by atoms with E-state index < -0.39 is 0 Å². The van der Waals surface area contributed by atoms with E-state index >= 15 is 0 Å². The molecule has 4 rings (SSSR count). The van der Waals surface area contributed by atoms with Crippen molar-refractivity contribution in [3.63, 3.8) is 0 Å². The van der Waals surface area contributed by atoms with Crippen LogP contribution in [0.4, 0.5) is 11.4 Å². The van der Waals surface area contributed by atoms with Crippen molar-refractivity contribution < 1.29 is 19.1 Å². The first-order chi connectivity index (χ1) is 14.1. The SMILES string of the molecule is N#Cc1ccccc1NC(=O)c1ccc(C(=O)Nc2ccc3c(c2)OCO3)cc1. The van der Waals surface area contributed by atoms with Gasteiger partial charge in [0.15, 0.2) is 11.5 Å². The van der Waals surface area contributed by atoms with E-state index in [0.29, 0.717) is 39.6 Å². The van der Waals surface area contributed by atoms with Crippen molar-refractivity contribution in [2.24, 2.45) is 0 Å². The fraction of sp³-hybridized carbons (Fsp3) is 0.0455. The first kappa shape index (κ1) is 18.1. The normalized spacial score (nSPS) is 11.4. The van der Waals surface area contributed by atoms with Gasteiger partial charge in [-0.15, -0.1) is 0 Å². The Morgan fingerprint density at radius 2 is 1.48 bits per heavy atom. The number of rotatable bonds is 4. The number of ether oxygens (including phenoxy) is 2. The van der Waals surface area contributed by atoms with Crippen molar-refractivity contribution >= 4 is 23.2 Å². The number of amides is 2. The molecule has 0 unspecified atom stereocenters. The second-order valence-corrected chi connectivity index (χ2v) is 6.21. The van der Waals surface area contributed by atoms with Gasteiger partial charge in [0, 0.05) is 22.9 Å². The van der Waals surface area contributed by atoms with Crippen LogP contribution in [0.3, 0.4) is 0 Å². The van der Waals surface area contributed by atoms with E-state index in [4.69, 9.17) is 14.7 Å². The minimum atomic E-state index is -0.365. The van der Waals surface area contributed by atoms with Gasteiger partial charge in [0.25, 0.3) is 11.8 Å². The molecule has 0 saturated heterocycles. The molecular weight excluding hydrogens is 370 g/mol. The van der Waals surface area contributed by atoms with Crippen molar-refractivity contribution in [1.29, 1.82) is 5.26 Å². The van der Waals surface area contributed by atoms with Crippen LogP contribution in [0.25, 0.3) is 0 Å². The first-order valence-electron chi connectivity index (χ1n) is 8.75.